The first-order valence-electron chi connectivity index (χ1n) is 4.90. The van der Waals surface area contributed by atoms with E-state index in [9.17, 15) is 0 Å². The Morgan fingerprint density at radius 2 is 2.25 bits per heavy atom. The van der Waals surface area contributed by atoms with E-state index in [4.69, 9.17) is 5.21 Å². The quantitative estimate of drug-likeness (QED) is 0.500. The molecule has 4 nitrogen and oxygen atoms in total. The minimum absolute atomic E-state index is 0.860. The van der Waals surface area contributed by atoms with Crippen molar-refractivity contribution in [1.29, 1.82) is 0 Å². The average Bonchev–Trinajstić information content (AvgIpc) is 2.76. The molecule has 5 heteroatoms. The third-order valence-corrected chi connectivity index (χ3v) is 3.07. The Labute approximate surface area is 97.3 Å². The summed E-state index contributed by atoms with van der Waals surface area (Å²) in [5.41, 5.74) is 1.06. The fourth-order valence-corrected chi connectivity index (χ4v) is 2.12. The number of hydrogen-bond donors (Lipinski definition) is 1. The average molecular weight is 233 g/mol. The molecule has 0 saturated heterocycles. The SMILES string of the molecule is O/N=C\c1cnc(CCc2ccccn2)s1. The molecule has 0 saturated carbocycles. The van der Waals surface area contributed by atoms with Crippen LogP contribution in [-0.2, 0) is 12.8 Å². The zero-order valence-electron chi connectivity index (χ0n) is 8.58. The summed E-state index contributed by atoms with van der Waals surface area (Å²) in [5, 5.41) is 12.4. The van der Waals surface area contributed by atoms with Crippen LogP contribution >= 0.6 is 11.3 Å². The largest absolute Gasteiger partial charge is 0.411 e. The van der Waals surface area contributed by atoms with E-state index in [-0.39, 0.29) is 0 Å². The monoisotopic (exact) mass is 233 g/mol. The van der Waals surface area contributed by atoms with Crippen molar-refractivity contribution in [3.8, 4) is 0 Å². The Hall–Kier alpha value is -1.75. The maximum atomic E-state index is 8.38. The van der Waals surface area contributed by atoms with Crippen molar-refractivity contribution in [2.45, 2.75) is 12.8 Å². The number of pyridine rings is 1. The van der Waals surface area contributed by atoms with Gasteiger partial charge in [-0.05, 0) is 18.6 Å². The first-order chi connectivity index (χ1) is 7.88. The molecule has 0 fully saturated rings. The van der Waals surface area contributed by atoms with Gasteiger partial charge in [-0.15, -0.1) is 11.3 Å². The second-order valence-electron chi connectivity index (χ2n) is 3.22. The first kappa shape index (κ1) is 10.8. The van der Waals surface area contributed by atoms with Gasteiger partial charge in [0.05, 0.1) is 16.1 Å². The van der Waals surface area contributed by atoms with E-state index < -0.39 is 0 Å². The molecule has 2 heterocycles. The van der Waals surface area contributed by atoms with E-state index in [0.717, 1.165) is 28.4 Å². The summed E-state index contributed by atoms with van der Waals surface area (Å²) in [7, 11) is 0. The van der Waals surface area contributed by atoms with Crippen LogP contribution in [0.2, 0.25) is 0 Å². The standard InChI is InChI=1S/C11H11N3OS/c15-14-8-10-7-13-11(16-10)5-4-9-3-1-2-6-12-9/h1-3,6-8,15H,4-5H2/b14-8-. The summed E-state index contributed by atoms with van der Waals surface area (Å²) in [6.07, 6.45) is 6.63. The molecule has 0 amide bonds. The van der Waals surface area contributed by atoms with Gasteiger partial charge in [0.15, 0.2) is 0 Å². The number of nitrogens with zero attached hydrogens (tertiary/aromatic N) is 3. The number of aromatic nitrogens is 2. The Morgan fingerprint density at radius 1 is 1.31 bits per heavy atom. The topological polar surface area (TPSA) is 58.4 Å². The second kappa shape index (κ2) is 5.37. The van der Waals surface area contributed by atoms with Gasteiger partial charge in [0.25, 0.3) is 0 Å². The molecule has 0 unspecified atom stereocenters. The summed E-state index contributed by atoms with van der Waals surface area (Å²) in [6.45, 7) is 0. The normalized spacial score (nSPS) is 11.0. The molecule has 0 aliphatic carbocycles. The van der Waals surface area contributed by atoms with Gasteiger partial charge < -0.3 is 5.21 Å². The summed E-state index contributed by atoms with van der Waals surface area (Å²) in [4.78, 5) is 9.35. The van der Waals surface area contributed by atoms with E-state index in [2.05, 4.69) is 15.1 Å². The lowest BCUT2D eigenvalue weighted by Gasteiger charge is -1.96. The molecule has 2 aromatic rings. The third-order valence-electron chi connectivity index (χ3n) is 2.08. The highest BCUT2D eigenvalue weighted by atomic mass is 32.1. The maximum Gasteiger partial charge on any atom is 0.0935 e. The molecule has 0 aliphatic heterocycles. The number of oxime groups is 1. The number of aryl methyl sites for hydroxylation is 2. The molecule has 2 aromatic heterocycles. The van der Waals surface area contributed by atoms with E-state index in [1.807, 2.05) is 18.2 Å². The highest BCUT2D eigenvalue weighted by Gasteiger charge is 2.01. The molecular weight excluding hydrogens is 222 g/mol. The third kappa shape index (κ3) is 2.87. The predicted octanol–water partition coefficient (Wildman–Crippen LogP) is 2.13. The second-order valence-corrected chi connectivity index (χ2v) is 4.37. The number of thiazole rings is 1. The van der Waals surface area contributed by atoms with Crippen LogP contribution in [0.1, 0.15) is 15.6 Å². The van der Waals surface area contributed by atoms with Crippen molar-refractivity contribution in [1.82, 2.24) is 9.97 Å². The van der Waals surface area contributed by atoms with E-state index in [0.29, 0.717) is 0 Å². The van der Waals surface area contributed by atoms with Crippen molar-refractivity contribution in [3.63, 3.8) is 0 Å². The Morgan fingerprint density at radius 3 is 3.00 bits per heavy atom. The van der Waals surface area contributed by atoms with Gasteiger partial charge in [-0.2, -0.15) is 0 Å². The zero-order valence-corrected chi connectivity index (χ0v) is 9.39. The molecular formula is C11H11N3OS. The van der Waals surface area contributed by atoms with Gasteiger partial charge in [-0.3, -0.25) is 4.98 Å². The van der Waals surface area contributed by atoms with Gasteiger partial charge in [0.1, 0.15) is 0 Å². The Bertz CT molecular complexity index is 467. The minimum Gasteiger partial charge on any atom is -0.411 e. The van der Waals surface area contributed by atoms with E-state index in [1.165, 1.54) is 17.6 Å². The van der Waals surface area contributed by atoms with E-state index >= 15 is 0 Å². The highest BCUT2D eigenvalue weighted by molar-refractivity contribution is 7.13. The van der Waals surface area contributed by atoms with E-state index in [1.54, 1.807) is 12.4 Å². The lowest BCUT2D eigenvalue weighted by molar-refractivity contribution is 0.322. The maximum absolute atomic E-state index is 8.38. The van der Waals surface area contributed by atoms with Gasteiger partial charge in [-0.25, -0.2) is 4.98 Å². The van der Waals surface area contributed by atoms with Crippen LogP contribution in [0.4, 0.5) is 0 Å². The van der Waals surface area contributed by atoms with Crippen LogP contribution in [-0.4, -0.2) is 21.4 Å². The lowest BCUT2D eigenvalue weighted by Crippen LogP contribution is -1.92. The van der Waals surface area contributed by atoms with Crippen molar-refractivity contribution >= 4 is 17.6 Å². The van der Waals surface area contributed by atoms with Crippen LogP contribution in [0.3, 0.4) is 0 Å². The zero-order chi connectivity index (χ0) is 11.2. The van der Waals surface area contributed by atoms with Crippen molar-refractivity contribution in [2.75, 3.05) is 0 Å². The van der Waals surface area contributed by atoms with Crippen LogP contribution in [0.15, 0.2) is 35.7 Å². The first-order valence-corrected chi connectivity index (χ1v) is 5.72. The molecule has 2 rings (SSSR count). The molecule has 1 N–H and O–H groups in total. The molecule has 0 atom stereocenters. The summed E-state index contributed by atoms with van der Waals surface area (Å²) >= 11 is 1.53. The molecule has 0 aliphatic rings. The van der Waals surface area contributed by atoms with Crippen LogP contribution in [0.25, 0.3) is 0 Å². The fraction of sp³-hybridized carbons (Fsp3) is 0.182. The Kier molecular flexibility index (Phi) is 3.61. The molecule has 0 radical (unpaired) electrons. The van der Waals surface area contributed by atoms with Crippen LogP contribution in [0.5, 0.6) is 0 Å². The van der Waals surface area contributed by atoms with Crippen LogP contribution in [0, 0.1) is 0 Å². The molecule has 16 heavy (non-hydrogen) atoms. The van der Waals surface area contributed by atoms with Gasteiger partial charge in [0, 0.05) is 24.5 Å². The van der Waals surface area contributed by atoms with Gasteiger partial charge >= 0.3 is 0 Å². The van der Waals surface area contributed by atoms with Crippen LogP contribution < -0.4 is 0 Å². The smallest absolute Gasteiger partial charge is 0.0935 e. The molecule has 0 bridgehead atoms. The van der Waals surface area contributed by atoms with Gasteiger partial charge in [0.2, 0.25) is 0 Å². The number of hydrogen-bond acceptors (Lipinski definition) is 5. The minimum atomic E-state index is 0.860. The number of rotatable bonds is 4. The highest BCUT2D eigenvalue weighted by Crippen LogP contribution is 2.13. The fourth-order valence-electron chi connectivity index (χ4n) is 1.34. The lowest BCUT2D eigenvalue weighted by atomic mass is 10.2. The molecule has 0 aromatic carbocycles. The van der Waals surface area contributed by atoms with Crippen molar-refractivity contribution in [3.05, 3.63) is 46.2 Å². The van der Waals surface area contributed by atoms with Crippen molar-refractivity contribution < 1.29 is 5.21 Å². The summed E-state index contributed by atoms with van der Waals surface area (Å²) < 4.78 is 0. The Balaban J connectivity index is 1.94. The molecule has 82 valence electrons. The van der Waals surface area contributed by atoms with Gasteiger partial charge in [-0.1, -0.05) is 11.2 Å². The summed E-state index contributed by atoms with van der Waals surface area (Å²) in [6, 6.07) is 5.89. The molecule has 0 spiro atoms. The predicted molar refractivity (Wildman–Crippen MR) is 63.1 cm³/mol. The summed E-state index contributed by atoms with van der Waals surface area (Å²) in [5.74, 6) is 0. The van der Waals surface area contributed by atoms with Crippen molar-refractivity contribution in [2.24, 2.45) is 5.16 Å².